The van der Waals surface area contributed by atoms with Gasteiger partial charge in [0.25, 0.3) is 0 Å². The van der Waals surface area contributed by atoms with Crippen molar-refractivity contribution in [3.63, 3.8) is 0 Å². The van der Waals surface area contributed by atoms with Gasteiger partial charge in [-0.3, -0.25) is 5.10 Å². The molecule has 0 atom stereocenters. The molecular weight excluding hydrogens is 267 g/mol. The van der Waals surface area contributed by atoms with Crippen LogP contribution in [-0.4, -0.2) is 10.2 Å². The molecule has 2 aromatic rings. The highest BCUT2D eigenvalue weighted by atomic mass is 35.5. The second-order valence-corrected chi connectivity index (χ2v) is 4.06. The van der Waals surface area contributed by atoms with Crippen molar-refractivity contribution in [3.05, 3.63) is 46.7 Å². The molecule has 1 heterocycles. The number of nitrogens with one attached hydrogen (secondary N) is 2. The van der Waals surface area contributed by atoms with Crippen molar-refractivity contribution in [2.24, 2.45) is 0 Å². The number of hydrogen-bond acceptors (Lipinski definition) is 2. The molecular formula is C11H9ClF3N3. The summed E-state index contributed by atoms with van der Waals surface area (Å²) in [6, 6.07) is 5.29. The van der Waals surface area contributed by atoms with Gasteiger partial charge < -0.3 is 5.32 Å². The number of alkyl halides is 3. The second kappa shape index (κ2) is 4.89. The Labute approximate surface area is 106 Å². The highest BCUT2D eigenvalue weighted by Crippen LogP contribution is 2.36. The highest BCUT2D eigenvalue weighted by Gasteiger charge is 2.33. The van der Waals surface area contributed by atoms with Crippen LogP contribution in [0.15, 0.2) is 30.5 Å². The minimum atomic E-state index is -4.44. The van der Waals surface area contributed by atoms with E-state index in [0.717, 1.165) is 6.07 Å². The molecule has 7 heteroatoms. The maximum absolute atomic E-state index is 12.8. The Hall–Kier alpha value is -1.69. The van der Waals surface area contributed by atoms with Crippen LogP contribution in [0.3, 0.4) is 0 Å². The first-order valence-corrected chi connectivity index (χ1v) is 5.43. The van der Waals surface area contributed by atoms with Crippen LogP contribution in [0.4, 0.5) is 18.9 Å². The van der Waals surface area contributed by atoms with Crippen molar-refractivity contribution in [2.75, 3.05) is 5.32 Å². The van der Waals surface area contributed by atoms with Crippen molar-refractivity contribution in [1.82, 2.24) is 10.2 Å². The molecule has 0 saturated carbocycles. The van der Waals surface area contributed by atoms with Crippen molar-refractivity contribution < 1.29 is 13.2 Å². The van der Waals surface area contributed by atoms with Crippen molar-refractivity contribution in [1.29, 1.82) is 0 Å². The van der Waals surface area contributed by atoms with Gasteiger partial charge in [0.15, 0.2) is 0 Å². The number of rotatable bonds is 3. The molecule has 0 amide bonds. The molecule has 96 valence electrons. The summed E-state index contributed by atoms with van der Waals surface area (Å²) in [5.74, 6) is 0. The van der Waals surface area contributed by atoms with E-state index in [2.05, 4.69) is 15.5 Å². The zero-order valence-corrected chi connectivity index (χ0v) is 9.81. The normalized spacial score (nSPS) is 11.6. The van der Waals surface area contributed by atoms with Crippen LogP contribution in [0, 0.1) is 0 Å². The molecule has 2 N–H and O–H groups in total. The first-order valence-electron chi connectivity index (χ1n) is 5.05. The van der Waals surface area contributed by atoms with Gasteiger partial charge in [-0.1, -0.05) is 11.6 Å². The zero-order valence-electron chi connectivity index (χ0n) is 9.05. The standard InChI is InChI=1S/C11H9ClF3N3/c12-7-1-2-10(9(5-7)11(13,14)15)16-6-8-3-4-17-18-8/h1-5,16H,6H2,(H,17,18). The minimum Gasteiger partial charge on any atom is -0.379 e. The highest BCUT2D eigenvalue weighted by molar-refractivity contribution is 6.30. The minimum absolute atomic E-state index is 0.0125. The third kappa shape index (κ3) is 2.95. The quantitative estimate of drug-likeness (QED) is 0.897. The molecule has 18 heavy (non-hydrogen) atoms. The van der Waals surface area contributed by atoms with Gasteiger partial charge in [0, 0.05) is 16.9 Å². The predicted molar refractivity (Wildman–Crippen MR) is 62.4 cm³/mol. The number of halogens is 4. The Balaban J connectivity index is 2.22. The molecule has 0 unspecified atom stereocenters. The smallest absolute Gasteiger partial charge is 0.379 e. The van der Waals surface area contributed by atoms with Crippen LogP contribution in [0.2, 0.25) is 5.02 Å². The van der Waals surface area contributed by atoms with Crippen LogP contribution in [0.25, 0.3) is 0 Å². The van der Waals surface area contributed by atoms with E-state index in [4.69, 9.17) is 11.6 Å². The molecule has 0 aliphatic rings. The SMILES string of the molecule is FC(F)(F)c1cc(Cl)ccc1NCc1ccn[nH]1. The Morgan fingerprint density at radius 2 is 2.06 bits per heavy atom. The molecule has 1 aromatic carbocycles. The Morgan fingerprint density at radius 1 is 1.28 bits per heavy atom. The molecule has 0 aliphatic carbocycles. The monoisotopic (exact) mass is 275 g/mol. The third-order valence-corrected chi connectivity index (χ3v) is 2.55. The Kier molecular flexibility index (Phi) is 3.47. The van der Waals surface area contributed by atoms with E-state index in [-0.39, 0.29) is 17.3 Å². The van der Waals surface area contributed by atoms with Gasteiger partial charge in [-0.2, -0.15) is 18.3 Å². The van der Waals surface area contributed by atoms with Crippen LogP contribution < -0.4 is 5.32 Å². The van der Waals surface area contributed by atoms with E-state index in [1.807, 2.05) is 0 Å². The van der Waals surface area contributed by atoms with Gasteiger partial charge in [0.2, 0.25) is 0 Å². The summed E-state index contributed by atoms with van der Waals surface area (Å²) in [6.07, 6.45) is -2.91. The molecule has 1 aromatic heterocycles. The van der Waals surface area contributed by atoms with Gasteiger partial charge in [0.05, 0.1) is 17.8 Å². The summed E-state index contributed by atoms with van der Waals surface area (Å²) in [7, 11) is 0. The molecule has 0 bridgehead atoms. The number of aromatic nitrogens is 2. The summed E-state index contributed by atoms with van der Waals surface area (Å²) < 4.78 is 38.3. The topological polar surface area (TPSA) is 40.7 Å². The van der Waals surface area contributed by atoms with Crippen molar-refractivity contribution >= 4 is 17.3 Å². The van der Waals surface area contributed by atoms with Gasteiger partial charge in [-0.15, -0.1) is 0 Å². The van der Waals surface area contributed by atoms with Crippen molar-refractivity contribution in [2.45, 2.75) is 12.7 Å². The first kappa shape index (κ1) is 12.8. The molecule has 0 aliphatic heterocycles. The van der Waals surface area contributed by atoms with Gasteiger partial charge in [-0.25, -0.2) is 0 Å². The number of nitrogens with zero attached hydrogens (tertiary/aromatic N) is 1. The number of aromatic amines is 1. The van der Waals surface area contributed by atoms with Gasteiger partial charge in [-0.05, 0) is 24.3 Å². The van der Waals surface area contributed by atoms with Crippen LogP contribution >= 0.6 is 11.6 Å². The summed E-state index contributed by atoms with van der Waals surface area (Å²) >= 11 is 5.58. The lowest BCUT2D eigenvalue weighted by Gasteiger charge is -2.14. The molecule has 0 radical (unpaired) electrons. The average Bonchev–Trinajstić information content (AvgIpc) is 2.79. The molecule has 0 saturated heterocycles. The van der Waals surface area contributed by atoms with E-state index in [9.17, 15) is 13.2 Å². The fourth-order valence-electron chi connectivity index (χ4n) is 1.48. The Bertz CT molecular complexity index is 523. The maximum Gasteiger partial charge on any atom is 0.418 e. The van der Waals surface area contributed by atoms with Crippen LogP contribution in [0.5, 0.6) is 0 Å². The molecule has 3 nitrogen and oxygen atoms in total. The number of anilines is 1. The number of benzene rings is 1. The fourth-order valence-corrected chi connectivity index (χ4v) is 1.65. The largest absolute Gasteiger partial charge is 0.418 e. The lowest BCUT2D eigenvalue weighted by atomic mass is 10.1. The van der Waals surface area contributed by atoms with E-state index < -0.39 is 11.7 Å². The maximum atomic E-state index is 12.8. The summed E-state index contributed by atoms with van der Waals surface area (Å²) in [4.78, 5) is 0. The van der Waals surface area contributed by atoms with E-state index >= 15 is 0 Å². The first-order chi connectivity index (χ1) is 8.47. The lowest BCUT2D eigenvalue weighted by Crippen LogP contribution is -2.11. The number of H-pyrrole nitrogens is 1. The number of hydrogen-bond donors (Lipinski definition) is 2. The second-order valence-electron chi connectivity index (χ2n) is 3.62. The average molecular weight is 276 g/mol. The summed E-state index contributed by atoms with van der Waals surface area (Å²) in [6.45, 7) is 0.227. The summed E-state index contributed by atoms with van der Waals surface area (Å²) in [5.41, 5.74) is -0.103. The third-order valence-electron chi connectivity index (χ3n) is 2.31. The Morgan fingerprint density at radius 3 is 2.67 bits per heavy atom. The van der Waals surface area contributed by atoms with Gasteiger partial charge >= 0.3 is 6.18 Å². The molecule has 0 spiro atoms. The summed E-state index contributed by atoms with van der Waals surface area (Å²) in [5, 5.41) is 9.12. The molecule has 2 rings (SSSR count). The molecule has 0 fully saturated rings. The lowest BCUT2D eigenvalue weighted by molar-refractivity contribution is -0.136. The van der Waals surface area contributed by atoms with E-state index in [0.29, 0.717) is 5.69 Å². The van der Waals surface area contributed by atoms with Crippen LogP contribution in [0.1, 0.15) is 11.3 Å². The van der Waals surface area contributed by atoms with E-state index in [1.54, 1.807) is 6.07 Å². The predicted octanol–water partition coefficient (Wildman–Crippen LogP) is 3.69. The zero-order chi connectivity index (χ0) is 13.2. The van der Waals surface area contributed by atoms with Crippen molar-refractivity contribution in [3.8, 4) is 0 Å². The van der Waals surface area contributed by atoms with E-state index in [1.165, 1.54) is 18.3 Å². The van der Waals surface area contributed by atoms with Gasteiger partial charge in [0.1, 0.15) is 0 Å². The van der Waals surface area contributed by atoms with Crippen LogP contribution in [-0.2, 0) is 12.7 Å². The fraction of sp³-hybridized carbons (Fsp3) is 0.182.